The van der Waals surface area contributed by atoms with Gasteiger partial charge in [0, 0.05) is 11.3 Å². The Morgan fingerprint density at radius 1 is 1.33 bits per heavy atom. The molecule has 0 saturated carbocycles. The van der Waals surface area contributed by atoms with Crippen LogP contribution in [0.3, 0.4) is 0 Å². The van der Waals surface area contributed by atoms with Crippen molar-refractivity contribution < 1.29 is 4.79 Å². The molecule has 2 aromatic heterocycles. The molecule has 1 amide bonds. The van der Waals surface area contributed by atoms with Gasteiger partial charge in [0.25, 0.3) is 5.91 Å². The molecule has 2 rings (SSSR count). The van der Waals surface area contributed by atoms with Gasteiger partial charge in [-0.05, 0) is 25.0 Å². The van der Waals surface area contributed by atoms with E-state index < -0.39 is 0 Å². The number of thiophene rings is 1. The molecule has 0 saturated heterocycles. The fourth-order valence-electron chi connectivity index (χ4n) is 1.45. The van der Waals surface area contributed by atoms with Gasteiger partial charge in [-0.25, -0.2) is 0 Å². The quantitative estimate of drug-likeness (QED) is 0.935. The maximum atomic E-state index is 11.9. The summed E-state index contributed by atoms with van der Waals surface area (Å²) in [5, 5.41) is 12.4. The highest BCUT2D eigenvalue weighted by Crippen LogP contribution is 2.21. The van der Waals surface area contributed by atoms with Gasteiger partial charge < -0.3 is 0 Å². The lowest BCUT2D eigenvalue weighted by molar-refractivity contribution is 0.103. The van der Waals surface area contributed by atoms with Crippen LogP contribution in [0.2, 0.25) is 0 Å². The van der Waals surface area contributed by atoms with Crippen LogP contribution in [-0.4, -0.2) is 16.1 Å². The van der Waals surface area contributed by atoms with Gasteiger partial charge in [-0.3, -0.25) is 10.1 Å². The van der Waals surface area contributed by atoms with E-state index in [2.05, 4.69) is 29.4 Å². The fourth-order valence-corrected chi connectivity index (χ4v) is 3.16. The number of anilines is 1. The minimum absolute atomic E-state index is 0.111. The molecule has 96 valence electrons. The molecule has 0 atom stereocenters. The number of carbonyl (C=O) groups excluding carboxylic acids is 1. The van der Waals surface area contributed by atoms with E-state index in [1.54, 1.807) is 0 Å². The first-order valence-electron chi connectivity index (χ1n) is 5.75. The largest absolute Gasteiger partial charge is 0.296 e. The first-order chi connectivity index (χ1) is 8.54. The molecule has 0 aliphatic carbocycles. The molecular weight excluding hydrogens is 266 g/mol. The van der Waals surface area contributed by atoms with E-state index in [4.69, 9.17) is 0 Å². The Balaban J connectivity index is 2.01. The number of carbonyl (C=O) groups is 1. The number of hydrogen-bond acceptors (Lipinski definition) is 5. The second-order valence-electron chi connectivity index (χ2n) is 4.46. The van der Waals surface area contributed by atoms with Gasteiger partial charge in [-0.2, -0.15) is 0 Å². The minimum Gasteiger partial charge on any atom is -0.296 e. The number of nitrogens with one attached hydrogen (secondary N) is 1. The van der Waals surface area contributed by atoms with E-state index in [-0.39, 0.29) is 5.91 Å². The van der Waals surface area contributed by atoms with E-state index in [0.717, 1.165) is 16.3 Å². The highest BCUT2D eigenvalue weighted by atomic mass is 32.1. The zero-order valence-corrected chi connectivity index (χ0v) is 12.2. The van der Waals surface area contributed by atoms with E-state index in [1.807, 2.05) is 19.1 Å². The normalized spacial score (nSPS) is 10.9. The van der Waals surface area contributed by atoms with Crippen LogP contribution >= 0.6 is 22.7 Å². The number of amides is 1. The number of aromatic nitrogens is 2. The molecule has 0 aliphatic rings. The molecule has 6 heteroatoms. The number of aryl methyl sites for hydroxylation is 1. The Morgan fingerprint density at radius 3 is 2.72 bits per heavy atom. The molecule has 18 heavy (non-hydrogen) atoms. The Kier molecular flexibility index (Phi) is 4.08. The first-order valence-corrected chi connectivity index (χ1v) is 7.38. The van der Waals surface area contributed by atoms with Crippen molar-refractivity contribution in [3.05, 3.63) is 26.9 Å². The Labute approximate surface area is 114 Å². The zero-order chi connectivity index (χ0) is 13.1. The molecular formula is C12H15N3OS2. The van der Waals surface area contributed by atoms with Crippen molar-refractivity contribution in [2.75, 3.05) is 5.32 Å². The van der Waals surface area contributed by atoms with Crippen LogP contribution in [0, 0.1) is 12.8 Å². The average Bonchev–Trinajstić information content (AvgIpc) is 2.87. The van der Waals surface area contributed by atoms with Crippen molar-refractivity contribution in [3.63, 3.8) is 0 Å². The molecule has 0 bridgehead atoms. The smallest absolute Gasteiger partial charge is 0.267 e. The van der Waals surface area contributed by atoms with Gasteiger partial charge in [0.05, 0.1) is 4.88 Å². The first kappa shape index (κ1) is 13.2. The van der Waals surface area contributed by atoms with E-state index in [1.165, 1.54) is 22.7 Å². The third kappa shape index (κ3) is 3.36. The van der Waals surface area contributed by atoms with Crippen molar-refractivity contribution in [1.82, 2.24) is 10.2 Å². The summed E-state index contributed by atoms with van der Waals surface area (Å²) in [7, 11) is 0. The van der Waals surface area contributed by atoms with Gasteiger partial charge in [-0.15, -0.1) is 21.5 Å². The Hall–Kier alpha value is -1.27. The third-order valence-electron chi connectivity index (χ3n) is 2.23. The maximum absolute atomic E-state index is 11.9. The predicted octanol–water partition coefficient (Wildman–Crippen LogP) is 3.36. The average molecular weight is 281 g/mol. The molecule has 1 N–H and O–H groups in total. The minimum atomic E-state index is -0.111. The molecule has 2 aromatic rings. The van der Waals surface area contributed by atoms with Crippen molar-refractivity contribution in [2.45, 2.75) is 27.2 Å². The van der Waals surface area contributed by atoms with Crippen molar-refractivity contribution >= 4 is 33.7 Å². The van der Waals surface area contributed by atoms with Crippen LogP contribution in [0.4, 0.5) is 5.13 Å². The van der Waals surface area contributed by atoms with Crippen molar-refractivity contribution in [1.29, 1.82) is 0 Å². The summed E-state index contributed by atoms with van der Waals surface area (Å²) < 4.78 is 0. The van der Waals surface area contributed by atoms with Crippen LogP contribution in [0.25, 0.3) is 0 Å². The summed E-state index contributed by atoms with van der Waals surface area (Å²) in [5.74, 6) is 0.432. The molecule has 0 fully saturated rings. The van der Waals surface area contributed by atoms with E-state index >= 15 is 0 Å². The molecule has 0 aromatic carbocycles. The monoisotopic (exact) mass is 281 g/mol. The lowest BCUT2D eigenvalue weighted by atomic mass is 10.1. The maximum Gasteiger partial charge on any atom is 0.267 e. The van der Waals surface area contributed by atoms with Gasteiger partial charge in [-0.1, -0.05) is 25.2 Å². The summed E-state index contributed by atoms with van der Waals surface area (Å²) in [6, 6.07) is 3.76. The molecule has 0 unspecified atom stereocenters. The number of hydrogen-bond donors (Lipinski definition) is 1. The Bertz CT molecular complexity index is 545. The van der Waals surface area contributed by atoms with Crippen LogP contribution in [0.1, 0.15) is 33.4 Å². The van der Waals surface area contributed by atoms with Crippen molar-refractivity contribution in [2.24, 2.45) is 5.92 Å². The second kappa shape index (κ2) is 5.58. The highest BCUT2D eigenvalue weighted by molar-refractivity contribution is 7.16. The lowest BCUT2D eigenvalue weighted by Gasteiger charge is -1.98. The van der Waals surface area contributed by atoms with E-state index in [0.29, 0.717) is 15.9 Å². The second-order valence-corrected chi connectivity index (χ2v) is 6.81. The van der Waals surface area contributed by atoms with Gasteiger partial charge in [0.1, 0.15) is 5.01 Å². The van der Waals surface area contributed by atoms with Gasteiger partial charge in [0.2, 0.25) is 5.13 Å². The van der Waals surface area contributed by atoms with Gasteiger partial charge >= 0.3 is 0 Å². The number of nitrogens with zero attached hydrogens (tertiary/aromatic N) is 2. The summed E-state index contributed by atoms with van der Waals surface area (Å²) in [5.41, 5.74) is 0. The van der Waals surface area contributed by atoms with Crippen LogP contribution < -0.4 is 5.32 Å². The molecule has 4 nitrogen and oxygen atoms in total. The predicted molar refractivity (Wildman–Crippen MR) is 75.5 cm³/mol. The number of rotatable bonds is 4. The summed E-state index contributed by atoms with van der Waals surface area (Å²) in [6.45, 7) is 6.25. The zero-order valence-electron chi connectivity index (χ0n) is 10.6. The lowest BCUT2D eigenvalue weighted by Crippen LogP contribution is -2.09. The molecule has 0 aliphatic heterocycles. The van der Waals surface area contributed by atoms with Crippen molar-refractivity contribution in [3.8, 4) is 0 Å². The molecule has 0 radical (unpaired) electrons. The topological polar surface area (TPSA) is 54.9 Å². The SMILES string of the molecule is Cc1ccc(C(=O)Nc2nnc(CC(C)C)s2)s1. The molecule has 2 heterocycles. The fraction of sp³-hybridized carbons (Fsp3) is 0.417. The standard InChI is InChI=1S/C12H15N3OS2/c1-7(2)6-10-14-15-12(18-10)13-11(16)9-5-4-8(3)17-9/h4-5,7H,6H2,1-3H3,(H,13,15,16). The molecule has 0 spiro atoms. The van der Waals surface area contributed by atoms with Crippen LogP contribution in [0.5, 0.6) is 0 Å². The summed E-state index contributed by atoms with van der Waals surface area (Å²) in [4.78, 5) is 13.7. The third-order valence-corrected chi connectivity index (χ3v) is 4.09. The highest BCUT2D eigenvalue weighted by Gasteiger charge is 2.12. The van der Waals surface area contributed by atoms with Crippen LogP contribution in [0.15, 0.2) is 12.1 Å². The van der Waals surface area contributed by atoms with E-state index in [9.17, 15) is 4.79 Å². The Morgan fingerprint density at radius 2 is 2.11 bits per heavy atom. The van der Waals surface area contributed by atoms with Gasteiger partial charge in [0.15, 0.2) is 0 Å². The summed E-state index contributed by atoms with van der Waals surface area (Å²) >= 11 is 2.92. The van der Waals surface area contributed by atoms with Crippen LogP contribution in [-0.2, 0) is 6.42 Å². The summed E-state index contributed by atoms with van der Waals surface area (Å²) in [6.07, 6.45) is 0.894.